The number of carboxylic acids is 1. The van der Waals surface area contributed by atoms with E-state index in [9.17, 15) is 14.4 Å². The quantitative estimate of drug-likeness (QED) is 0.640. The Morgan fingerprint density at radius 2 is 2.04 bits per heavy atom. The molecule has 0 bridgehead atoms. The molecule has 126 valence electrons. The molecule has 8 nitrogen and oxygen atoms in total. The Hall–Kier alpha value is -2.48. The van der Waals surface area contributed by atoms with E-state index in [-0.39, 0.29) is 28.5 Å². The van der Waals surface area contributed by atoms with Crippen LogP contribution < -0.4 is 20.5 Å². The summed E-state index contributed by atoms with van der Waals surface area (Å²) in [5, 5.41) is 11.4. The molecule has 1 aromatic rings. The predicted molar refractivity (Wildman–Crippen MR) is 81.9 cm³/mol. The minimum atomic E-state index is -1.14. The minimum absolute atomic E-state index is 0.0270. The molecule has 2 amide bonds. The van der Waals surface area contributed by atoms with Gasteiger partial charge in [0.2, 0.25) is 0 Å². The third-order valence-corrected chi connectivity index (χ3v) is 3.14. The molecule has 0 aliphatic rings. The fourth-order valence-corrected chi connectivity index (χ4v) is 1.98. The van der Waals surface area contributed by atoms with Gasteiger partial charge in [-0.15, -0.1) is 0 Å². The smallest absolute Gasteiger partial charge is 0.326 e. The van der Waals surface area contributed by atoms with Gasteiger partial charge in [0.05, 0.1) is 12.1 Å². The Morgan fingerprint density at radius 3 is 2.52 bits per heavy atom. The number of benzene rings is 1. The number of carbonyl (C=O) groups excluding carboxylic acids is 2. The number of hydrogen-bond acceptors (Lipinski definition) is 5. The van der Waals surface area contributed by atoms with Crippen LogP contribution in [0.5, 0.6) is 11.5 Å². The molecule has 0 saturated heterocycles. The van der Waals surface area contributed by atoms with Crippen molar-refractivity contribution >= 4 is 29.4 Å². The molecule has 9 heteroatoms. The van der Waals surface area contributed by atoms with Crippen molar-refractivity contribution in [3.05, 3.63) is 22.7 Å². The number of rotatable bonds is 8. The number of aliphatic carboxylic acids is 1. The topological polar surface area (TPSA) is 128 Å². The lowest BCUT2D eigenvalue weighted by atomic mass is 10.1. The van der Waals surface area contributed by atoms with Crippen LogP contribution in [0, 0.1) is 0 Å². The maximum absolute atomic E-state index is 12.1. The number of nitrogens with one attached hydrogen (secondary N) is 1. The lowest BCUT2D eigenvalue weighted by Crippen LogP contribution is -2.40. The van der Waals surface area contributed by atoms with Gasteiger partial charge in [-0.05, 0) is 18.6 Å². The molecule has 4 N–H and O–H groups in total. The summed E-state index contributed by atoms with van der Waals surface area (Å²) >= 11 is 6.02. The highest BCUT2D eigenvalue weighted by molar-refractivity contribution is 6.32. The molecule has 0 heterocycles. The number of halogens is 1. The first-order chi connectivity index (χ1) is 10.8. The summed E-state index contributed by atoms with van der Waals surface area (Å²) in [5.74, 6) is -2.28. The van der Waals surface area contributed by atoms with E-state index < -0.39 is 30.4 Å². The fourth-order valence-electron chi connectivity index (χ4n) is 1.71. The number of ether oxygens (including phenoxy) is 2. The summed E-state index contributed by atoms with van der Waals surface area (Å²) in [6, 6.07) is 1.59. The molecule has 0 saturated carbocycles. The van der Waals surface area contributed by atoms with Gasteiger partial charge in [-0.3, -0.25) is 9.59 Å². The Kier molecular flexibility index (Phi) is 6.65. The van der Waals surface area contributed by atoms with Gasteiger partial charge in [0.25, 0.3) is 11.8 Å². The maximum atomic E-state index is 12.1. The molecule has 0 fully saturated rings. The largest absolute Gasteiger partial charge is 0.493 e. The number of amides is 2. The molecule has 0 aromatic heterocycles. The minimum Gasteiger partial charge on any atom is -0.493 e. The van der Waals surface area contributed by atoms with E-state index in [4.69, 9.17) is 31.9 Å². The van der Waals surface area contributed by atoms with Crippen LogP contribution in [-0.2, 0) is 9.59 Å². The van der Waals surface area contributed by atoms with Gasteiger partial charge in [-0.2, -0.15) is 0 Å². The fraction of sp³-hybridized carbons (Fsp3) is 0.357. The summed E-state index contributed by atoms with van der Waals surface area (Å²) in [5.41, 5.74) is 5.09. The van der Waals surface area contributed by atoms with Gasteiger partial charge in [0, 0.05) is 5.56 Å². The summed E-state index contributed by atoms with van der Waals surface area (Å²) < 4.78 is 10.2. The third-order valence-electron chi connectivity index (χ3n) is 2.86. The number of carbonyl (C=O) groups is 3. The lowest BCUT2D eigenvalue weighted by molar-refractivity contribution is -0.139. The van der Waals surface area contributed by atoms with Gasteiger partial charge >= 0.3 is 5.97 Å². The van der Waals surface area contributed by atoms with Crippen LogP contribution in [0.1, 0.15) is 23.7 Å². The number of hydrogen-bond donors (Lipinski definition) is 3. The standard InChI is InChI=1S/C14H17ClN2O6/c1-3-9(14(20)21)17-13(19)7-4-8(15)12(10(5-7)22-2)23-6-11(16)18/h4-5,9H,3,6H2,1-2H3,(H2,16,18)(H,17,19)(H,20,21). The van der Waals surface area contributed by atoms with Crippen molar-refractivity contribution in [2.45, 2.75) is 19.4 Å². The van der Waals surface area contributed by atoms with Crippen molar-refractivity contribution in [2.75, 3.05) is 13.7 Å². The van der Waals surface area contributed by atoms with Crippen LogP contribution in [0.15, 0.2) is 12.1 Å². The SMILES string of the molecule is CCC(NC(=O)c1cc(Cl)c(OCC(N)=O)c(OC)c1)C(=O)O. The van der Waals surface area contributed by atoms with E-state index in [1.54, 1.807) is 6.92 Å². The normalized spacial score (nSPS) is 11.4. The van der Waals surface area contributed by atoms with E-state index >= 15 is 0 Å². The Balaban J connectivity index is 3.05. The third kappa shape index (κ3) is 5.03. The molecule has 1 aromatic carbocycles. The first-order valence-corrected chi connectivity index (χ1v) is 7.00. The molecule has 1 atom stereocenters. The van der Waals surface area contributed by atoms with Gasteiger partial charge in [-0.25, -0.2) is 4.79 Å². The summed E-state index contributed by atoms with van der Waals surface area (Å²) in [6.45, 7) is 1.23. The molecule has 0 spiro atoms. The first kappa shape index (κ1) is 18.6. The highest BCUT2D eigenvalue weighted by atomic mass is 35.5. The van der Waals surface area contributed by atoms with E-state index in [1.807, 2.05) is 0 Å². The van der Waals surface area contributed by atoms with Gasteiger partial charge in [0.1, 0.15) is 6.04 Å². The highest BCUT2D eigenvalue weighted by Crippen LogP contribution is 2.36. The Morgan fingerprint density at radius 1 is 1.39 bits per heavy atom. The lowest BCUT2D eigenvalue weighted by Gasteiger charge is -2.15. The van der Waals surface area contributed by atoms with Crippen molar-refractivity contribution in [3.8, 4) is 11.5 Å². The summed E-state index contributed by atoms with van der Waals surface area (Å²) in [4.78, 5) is 33.8. The van der Waals surface area contributed by atoms with Crippen LogP contribution in [0.25, 0.3) is 0 Å². The number of methoxy groups -OCH3 is 1. The Bertz CT molecular complexity index is 620. The van der Waals surface area contributed by atoms with Gasteiger partial charge < -0.3 is 25.6 Å². The Labute approximate surface area is 137 Å². The molecule has 23 heavy (non-hydrogen) atoms. The second kappa shape index (κ2) is 8.23. The molecule has 1 unspecified atom stereocenters. The molecule has 1 rings (SSSR count). The van der Waals surface area contributed by atoms with Crippen molar-refractivity contribution in [1.29, 1.82) is 0 Å². The zero-order valence-corrected chi connectivity index (χ0v) is 13.3. The average Bonchev–Trinajstić information content (AvgIpc) is 2.49. The zero-order valence-electron chi connectivity index (χ0n) is 12.6. The summed E-state index contributed by atoms with van der Waals surface area (Å²) in [6.07, 6.45) is 0.228. The molecular weight excluding hydrogens is 328 g/mol. The van der Waals surface area contributed by atoms with Crippen LogP contribution in [-0.4, -0.2) is 42.6 Å². The average molecular weight is 345 g/mol. The second-order valence-corrected chi connectivity index (χ2v) is 4.92. The monoisotopic (exact) mass is 344 g/mol. The maximum Gasteiger partial charge on any atom is 0.326 e. The van der Waals surface area contributed by atoms with E-state index in [1.165, 1.54) is 19.2 Å². The van der Waals surface area contributed by atoms with Crippen LogP contribution in [0.4, 0.5) is 0 Å². The molecule has 0 aliphatic carbocycles. The van der Waals surface area contributed by atoms with E-state index in [0.29, 0.717) is 0 Å². The first-order valence-electron chi connectivity index (χ1n) is 6.62. The van der Waals surface area contributed by atoms with Crippen molar-refractivity contribution < 1.29 is 29.0 Å². The van der Waals surface area contributed by atoms with Gasteiger partial charge in [0.15, 0.2) is 18.1 Å². The van der Waals surface area contributed by atoms with Crippen LogP contribution in [0.2, 0.25) is 5.02 Å². The van der Waals surface area contributed by atoms with Crippen LogP contribution >= 0.6 is 11.6 Å². The molecule has 0 radical (unpaired) electrons. The number of primary amides is 1. The highest BCUT2D eigenvalue weighted by Gasteiger charge is 2.21. The van der Waals surface area contributed by atoms with Crippen molar-refractivity contribution in [3.63, 3.8) is 0 Å². The van der Waals surface area contributed by atoms with Crippen LogP contribution in [0.3, 0.4) is 0 Å². The van der Waals surface area contributed by atoms with E-state index in [2.05, 4.69) is 5.32 Å². The number of nitrogens with two attached hydrogens (primary N) is 1. The molecule has 0 aliphatic heterocycles. The van der Waals surface area contributed by atoms with Crippen molar-refractivity contribution in [1.82, 2.24) is 5.32 Å². The van der Waals surface area contributed by atoms with Crippen molar-refractivity contribution in [2.24, 2.45) is 5.73 Å². The number of carboxylic acid groups (broad SMARTS) is 1. The molecular formula is C14H17ClN2O6. The summed E-state index contributed by atoms with van der Waals surface area (Å²) in [7, 11) is 1.33. The second-order valence-electron chi connectivity index (χ2n) is 4.52. The zero-order chi connectivity index (χ0) is 17.6. The van der Waals surface area contributed by atoms with E-state index in [0.717, 1.165) is 0 Å². The predicted octanol–water partition coefficient (Wildman–Crippen LogP) is 0.806. The van der Waals surface area contributed by atoms with Gasteiger partial charge in [-0.1, -0.05) is 18.5 Å².